The van der Waals surface area contributed by atoms with Gasteiger partial charge >= 0.3 is 0 Å². The first-order valence-corrected chi connectivity index (χ1v) is 11.0. The molecule has 7 nitrogen and oxygen atoms in total. The van der Waals surface area contributed by atoms with Crippen LogP contribution in [0.2, 0.25) is 5.02 Å². The standard InChI is InChI=1S/C23H25ClN4O3/c1-27-23-19(14-25-27)20(29)13-18(26-23)3-2-4-21(30)28-11-9-16(10-12-28)22(31)15-5-7-17(24)8-6-15/h5-8,14,16H,2-4,9-13H2,1H3. The summed E-state index contributed by atoms with van der Waals surface area (Å²) in [6, 6.07) is 6.98. The third-order valence-electron chi connectivity index (χ3n) is 6.04. The number of aryl methyl sites for hydroxylation is 1. The van der Waals surface area contributed by atoms with Crippen LogP contribution < -0.4 is 0 Å². The number of benzene rings is 1. The van der Waals surface area contributed by atoms with Crippen molar-refractivity contribution in [1.29, 1.82) is 0 Å². The lowest BCUT2D eigenvalue weighted by molar-refractivity contribution is -0.132. The summed E-state index contributed by atoms with van der Waals surface area (Å²) in [5.41, 5.74) is 2.05. The van der Waals surface area contributed by atoms with Gasteiger partial charge in [-0.3, -0.25) is 19.1 Å². The van der Waals surface area contributed by atoms with E-state index in [4.69, 9.17) is 11.6 Å². The summed E-state index contributed by atoms with van der Waals surface area (Å²) in [5, 5.41) is 4.70. The lowest BCUT2D eigenvalue weighted by Crippen LogP contribution is -2.40. The highest BCUT2D eigenvalue weighted by Crippen LogP contribution is 2.27. The summed E-state index contributed by atoms with van der Waals surface area (Å²) in [4.78, 5) is 43.9. The average Bonchev–Trinajstić information content (AvgIpc) is 3.15. The molecule has 0 radical (unpaired) electrons. The minimum Gasteiger partial charge on any atom is -0.343 e. The van der Waals surface area contributed by atoms with Crippen molar-refractivity contribution >= 4 is 40.6 Å². The third kappa shape index (κ3) is 4.77. The number of ketones is 2. The van der Waals surface area contributed by atoms with E-state index in [-0.39, 0.29) is 23.4 Å². The van der Waals surface area contributed by atoms with Gasteiger partial charge in [0.2, 0.25) is 5.91 Å². The number of amides is 1. The number of rotatable bonds is 6. The van der Waals surface area contributed by atoms with Crippen LogP contribution in [0.4, 0.5) is 5.82 Å². The monoisotopic (exact) mass is 440 g/mol. The quantitative estimate of drug-likeness (QED) is 0.635. The van der Waals surface area contributed by atoms with Gasteiger partial charge in [0.25, 0.3) is 0 Å². The van der Waals surface area contributed by atoms with E-state index < -0.39 is 0 Å². The van der Waals surface area contributed by atoms with E-state index in [2.05, 4.69) is 10.1 Å². The number of hydrogen-bond donors (Lipinski definition) is 0. The van der Waals surface area contributed by atoms with Crippen molar-refractivity contribution in [2.75, 3.05) is 13.1 Å². The van der Waals surface area contributed by atoms with Crippen molar-refractivity contribution in [3.63, 3.8) is 0 Å². The first-order valence-electron chi connectivity index (χ1n) is 10.6. The molecule has 0 aliphatic carbocycles. The Bertz CT molecular complexity index is 1030. The summed E-state index contributed by atoms with van der Waals surface area (Å²) < 4.78 is 1.60. The molecule has 4 rings (SSSR count). The number of nitrogens with zero attached hydrogens (tertiary/aromatic N) is 4. The Morgan fingerprint density at radius 3 is 2.58 bits per heavy atom. The Kier molecular flexibility index (Phi) is 6.32. The molecule has 1 saturated heterocycles. The molecule has 2 aliphatic rings. The highest BCUT2D eigenvalue weighted by atomic mass is 35.5. The summed E-state index contributed by atoms with van der Waals surface area (Å²) in [5.74, 6) is 0.803. The van der Waals surface area contributed by atoms with Gasteiger partial charge in [-0.2, -0.15) is 5.10 Å². The molecule has 2 aliphatic heterocycles. The van der Waals surface area contributed by atoms with Crippen LogP contribution in [0.25, 0.3) is 0 Å². The van der Waals surface area contributed by atoms with Crippen LogP contribution in [-0.2, 0) is 11.8 Å². The maximum absolute atomic E-state index is 12.7. The predicted molar refractivity (Wildman–Crippen MR) is 118 cm³/mol. The van der Waals surface area contributed by atoms with Crippen molar-refractivity contribution in [3.05, 3.63) is 46.6 Å². The van der Waals surface area contributed by atoms with Crippen molar-refractivity contribution in [1.82, 2.24) is 14.7 Å². The fraction of sp³-hybridized carbons (Fsp3) is 0.435. The molecule has 1 aromatic heterocycles. The van der Waals surface area contributed by atoms with Gasteiger partial charge in [-0.05, 0) is 49.9 Å². The summed E-state index contributed by atoms with van der Waals surface area (Å²) in [7, 11) is 1.77. The van der Waals surface area contributed by atoms with Crippen LogP contribution in [0, 0.1) is 5.92 Å². The normalized spacial score (nSPS) is 16.8. The molecule has 1 fully saturated rings. The molecule has 8 heteroatoms. The summed E-state index contributed by atoms with van der Waals surface area (Å²) >= 11 is 5.90. The smallest absolute Gasteiger partial charge is 0.222 e. The van der Waals surface area contributed by atoms with Crippen LogP contribution in [0.5, 0.6) is 0 Å². The number of halogens is 1. The first kappa shape index (κ1) is 21.4. The van der Waals surface area contributed by atoms with Gasteiger partial charge < -0.3 is 4.90 Å². The summed E-state index contributed by atoms with van der Waals surface area (Å²) in [6.45, 7) is 1.20. The zero-order valence-corrected chi connectivity index (χ0v) is 18.3. The van der Waals surface area contributed by atoms with E-state index in [0.717, 1.165) is 5.71 Å². The molecule has 1 amide bonds. The van der Waals surface area contributed by atoms with Gasteiger partial charge in [0.15, 0.2) is 17.4 Å². The van der Waals surface area contributed by atoms with Gasteiger partial charge in [0.1, 0.15) is 0 Å². The molecule has 0 N–H and O–H groups in total. The Morgan fingerprint density at radius 1 is 1.16 bits per heavy atom. The van der Waals surface area contributed by atoms with E-state index in [0.29, 0.717) is 73.6 Å². The Labute approximate surface area is 186 Å². The molecule has 0 atom stereocenters. The van der Waals surface area contributed by atoms with Crippen molar-refractivity contribution < 1.29 is 14.4 Å². The molecule has 162 valence electrons. The second-order valence-electron chi connectivity index (χ2n) is 8.16. The number of likely N-dealkylation sites (tertiary alicyclic amines) is 1. The number of Topliss-reactive ketones (excluding diaryl/α,β-unsaturated/α-hetero) is 2. The first-order chi connectivity index (χ1) is 14.9. The number of carbonyl (C=O) groups excluding carboxylic acids is 3. The summed E-state index contributed by atoms with van der Waals surface area (Å²) in [6.07, 6.45) is 4.90. The number of fused-ring (bicyclic) bond motifs is 1. The fourth-order valence-electron chi connectivity index (χ4n) is 4.22. The van der Waals surface area contributed by atoms with Gasteiger partial charge in [-0.15, -0.1) is 0 Å². The zero-order chi connectivity index (χ0) is 22.0. The Morgan fingerprint density at radius 2 is 1.87 bits per heavy atom. The maximum atomic E-state index is 12.7. The molecular formula is C23H25ClN4O3. The number of carbonyl (C=O) groups is 3. The maximum Gasteiger partial charge on any atom is 0.222 e. The fourth-order valence-corrected chi connectivity index (χ4v) is 4.34. The molecule has 0 spiro atoms. The van der Waals surface area contributed by atoms with Crippen molar-refractivity contribution in [2.45, 2.75) is 38.5 Å². The van der Waals surface area contributed by atoms with Crippen LogP contribution in [0.15, 0.2) is 35.5 Å². The van der Waals surface area contributed by atoms with E-state index in [1.54, 1.807) is 42.2 Å². The molecule has 0 saturated carbocycles. The molecule has 31 heavy (non-hydrogen) atoms. The van der Waals surface area contributed by atoms with Gasteiger partial charge in [-0.1, -0.05) is 11.6 Å². The molecule has 3 heterocycles. The van der Waals surface area contributed by atoms with Crippen LogP contribution in [-0.4, -0.2) is 51.0 Å². The predicted octanol–water partition coefficient (Wildman–Crippen LogP) is 4.02. The van der Waals surface area contributed by atoms with Gasteiger partial charge in [0, 0.05) is 55.2 Å². The molecular weight excluding hydrogens is 416 g/mol. The van der Waals surface area contributed by atoms with Crippen LogP contribution >= 0.6 is 11.6 Å². The van der Waals surface area contributed by atoms with Crippen molar-refractivity contribution in [2.24, 2.45) is 18.0 Å². The molecule has 2 aromatic rings. The minimum atomic E-state index is -0.0547. The average molecular weight is 441 g/mol. The third-order valence-corrected chi connectivity index (χ3v) is 6.29. The van der Waals surface area contributed by atoms with E-state index >= 15 is 0 Å². The minimum absolute atomic E-state index is 0.0341. The van der Waals surface area contributed by atoms with Gasteiger partial charge in [0.05, 0.1) is 11.8 Å². The second-order valence-corrected chi connectivity index (χ2v) is 8.60. The van der Waals surface area contributed by atoms with E-state index in [9.17, 15) is 14.4 Å². The number of hydrogen-bond acceptors (Lipinski definition) is 5. The van der Waals surface area contributed by atoms with Crippen LogP contribution in [0.1, 0.15) is 59.2 Å². The number of piperidine rings is 1. The number of aliphatic imine (C=N–C) groups is 1. The van der Waals surface area contributed by atoms with E-state index in [1.807, 2.05) is 4.90 Å². The van der Waals surface area contributed by atoms with Crippen molar-refractivity contribution in [3.8, 4) is 0 Å². The SMILES string of the molecule is Cn1ncc2c1N=C(CCCC(=O)N1CCC(C(=O)c3ccc(Cl)cc3)CC1)CC2=O. The van der Waals surface area contributed by atoms with Gasteiger partial charge in [-0.25, -0.2) is 4.99 Å². The highest BCUT2D eigenvalue weighted by Gasteiger charge is 2.28. The molecule has 0 unspecified atom stereocenters. The lowest BCUT2D eigenvalue weighted by atomic mass is 9.88. The van der Waals surface area contributed by atoms with Crippen LogP contribution in [0.3, 0.4) is 0 Å². The zero-order valence-electron chi connectivity index (χ0n) is 17.5. The topological polar surface area (TPSA) is 84.6 Å². The molecule has 0 bridgehead atoms. The number of aromatic nitrogens is 2. The largest absolute Gasteiger partial charge is 0.343 e. The Hall–Kier alpha value is -2.80. The molecule has 1 aromatic carbocycles. The Balaban J connectivity index is 1.24. The van der Waals surface area contributed by atoms with E-state index in [1.165, 1.54) is 0 Å². The lowest BCUT2D eigenvalue weighted by Gasteiger charge is -2.31. The highest BCUT2D eigenvalue weighted by molar-refractivity contribution is 6.30. The second kappa shape index (κ2) is 9.14.